The number of carbonyl (C=O) groups is 3. The number of ether oxygens (including phenoxy) is 4. The number of likely N-dealkylation sites (tertiary alicyclic amines) is 1. The Morgan fingerprint density at radius 3 is 2.31 bits per heavy atom. The fourth-order valence-electron chi connectivity index (χ4n) is 8.30. The van der Waals surface area contributed by atoms with Crippen LogP contribution in [0, 0.1) is 29.1 Å². The Bertz CT molecular complexity index is 1140. The van der Waals surface area contributed by atoms with E-state index >= 15 is 0 Å². The second-order valence-corrected chi connectivity index (χ2v) is 16.9. The molecule has 1 aliphatic carbocycles. The molecule has 12 nitrogen and oxygen atoms in total. The van der Waals surface area contributed by atoms with Gasteiger partial charge in [0.15, 0.2) is 12.1 Å². The Labute approximate surface area is 295 Å². The predicted molar refractivity (Wildman–Crippen MR) is 187 cm³/mol. The van der Waals surface area contributed by atoms with E-state index in [0.717, 1.165) is 19.0 Å². The van der Waals surface area contributed by atoms with Gasteiger partial charge in [0, 0.05) is 70.2 Å². The number of nitrogens with zero attached hydrogens (tertiary/aromatic N) is 4. The molecule has 3 aliphatic heterocycles. The van der Waals surface area contributed by atoms with Gasteiger partial charge in [-0.2, -0.15) is 0 Å². The van der Waals surface area contributed by atoms with Crippen molar-refractivity contribution in [3.05, 3.63) is 0 Å². The molecule has 4 fully saturated rings. The van der Waals surface area contributed by atoms with Crippen LogP contribution in [-0.4, -0.2) is 159 Å². The number of carbonyl (C=O) groups excluding carboxylic acids is 3. The molecule has 3 heterocycles. The molecular weight excluding hydrogens is 628 g/mol. The summed E-state index contributed by atoms with van der Waals surface area (Å²) in [4.78, 5) is 49.4. The van der Waals surface area contributed by atoms with E-state index in [9.17, 15) is 19.5 Å². The second-order valence-electron chi connectivity index (χ2n) is 16.9. The molecule has 1 N–H and O–H groups in total. The molecule has 9 atom stereocenters. The maximum Gasteiger partial charge on any atom is 0.319 e. The summed E-state index contributed by atoms with van der Waals surface area (Å²) in [6, 6.07) is -0.307. The highest BCUT2D eigenvalue weighted by Crippen LogP contribution is 2.39. The van der Waals surface area contributed by atoms with Crippen LogP contribution in [0.15, 0.2) is 0 Å². The Hall–Kier alpha value is -1.67. The van der Waals surface area contributed by atoms with Crippen molar-refractivity contribution in [3.63, 3.8) is 0 Å². The normalized spacial score (nSPS) is 37.3. The number of amides is 1. The molecule has 0 aromatic rings. The van der Waals surface area contributed by atoms with E-state index in [2.05, 4.69) is 23.8 Å². The number of rotatable bonds is 10. The molecule has 0 bridgehead atoms. The number of cyclic esters (lactones) is 1. The summed E-state index contributed by atoms with van der Waals surface area (Å²) in [6.45, 7) is 14.9. The second kappa shape index (κ2) is 16.3. The van der Waals surface area contributed by atoms with Crippen molar-refractivity contribution in [1.82, 2.24) is 19.6 Å². The minimum atomic E-state index is -1.46. The predicted octanol–water partition coefficient (Wildman–Crippen LogP) is 2.51. The Kier molecular flexibility index (Phi) is 13.4. The van der Waals surface area contributed by atoms with Crippen molar-refractivity contribution in [1.29, 1.82) is 0 Å². The lowest BCUT2D eigenvalue weighted by Gasteiger charge is -2.47. The van der Waals surface area contributed by atoms with Gasteiger partial charge in [0.1, 0.15) is 18.1 Å². The Balaban J connectivity index is 1.52. The maximum absolute atomic E-state index is 14.3. The quantitative estimate of drug-likeness (QED) is 0.268. The summed E-state index contributed by atoms with van der Waals surface area (Å²) in [5.41, 5.74) is -2.42. The van der Waals surface area contributed by atoms with Gasteiger partial charge >= 0.3 is 5.97 Å². The molecule has 282 valence electrons. The summed E-state index contributed by atoms with van der Waals surface area (Å²) >= 11 is 0. The topological polar surface area (TPSA) is 121 Å². The van der Waals surface area contributed by atoms with Crippen LogP contribution < -0.4 is 0 Å². The zero-order valence-electron chi connectivity index (χ0n) is 32.1. The van der Waals surface area contributed by atoms with Crippen molar-refractivity contribution in [2.75, 3.05) is 74.6 Å². The van der Waals surface area contributed by atoms with E-state index < -0.39 is 41.4 Å². The SMILES string of the molecule is CO[C@]1(C)C[C@@H](C)CN(C)C(C2CN(C(=O)CCN(C)CC3CC3)C2)COC(=O)C(C)(C)C(=O)[C@H](C)[C@H]1O[C@@H]1O[C@H](C)C[C@H](N(C)C)[C@H]1O. The van der Waals surface area contributed by atoms with Crippen LogP contribution in [0.4, 0.5) is 0 Å². The maximum atomic E-state index is 14.3. The molecule has 3 saturated heterocycles. The van der Waals surface area contributed by atoms with E-state index in [1.807, 2.05) is 44.8 Å². The third kappa shape index (κ3) is 9.61. The van der Waals surface area contributed by atoms with E-state index in [0.29, 0.717) is 38.9 Å². The van der Waals surface area contributed by atoms with Crippen molar-refractivity contribution < 1.29 is 38.4 Å². The van der Waals surface area contributed by atoms with Gasteiger partial charge in [-0.25, -0.2) is 0 Å². The zero-order chi connectivity index (χ0) is 36.4. The van der Waals surface area contributed by atoms with Crippen LogP contribution >= 0.6 is 0 Å². The minimum Gasteiger partial charge on any atom is -0.463 e. The average molecular weight is 695 g/mol. The molecule has 4 rings (SSSR count). The van der Waals surface area contributed by atoms with E-state index in [-0.39, 0.29) is 48.3 Å². The molecule has 1 saturated carbocycles. The van der Waals surface area contributed by atoms with Gasteiger partial charge in [-0.05, 0) is 93.4 Å². The van der Waals surface area contributed by atoms with Gasteiger partial charge in [0.2, 0.25) is 5.91 Å². The first-order valence-corrected chi connectivity index (χ1v) is 18.5. The first-order valence-electron chi connectivity index (χ1n) is 18.5. The van der Waals surface area contributed by atoms with Crippen LogP contribution in [0.5, 0.6) is 0 Å². The first-order chi connectivity index (χ1) is 22.9. The standard InChI is InChI=1S/C37H66N4O8/c1-23-17-37(6,46-11)33(49-34-31(43)28(38(7)8)16-24(2)48-34)25(3)32(44)36(4,5)35(45)47-22-29(40(10)18-23)27-20-41(21-27)30(42)14-15-39(9)19-26-12-13-26/h23-29,31,33-34,43H,12-22H2,1-11H3/t23-,24-,25+,28+,29?,31-,33-,34+,37-/m1/s1. The highest BCUT2D eigenvalue weighted by Gasteiger charge is 2.52. The summed E-state index contributed by atoms with van der Waals surface area (Å²) in [7, 11) is 9.59. The van der Waals surface area contributed by atoms with Crippen molar-refractivity contribution in [3.8, 4) is 0 Å². The third-order valence-corrected chi connectivity index (χ3v) is 11.7. The number of likely N-dealkylation sites (N-methyl/N-ethyl adjacent to an activating group) is 2. The average Bonchev–Trinajstić information content (AvgIpc) is 3.83. The summed E-state index contributed by atoms with van der Waals surface area (Å²) in [6.07, 6.45) is 1.36. The van der Waals surface area contributed by atoms with Crippen molar-refractivity contribution in [2.24, 2.45) is 29.1 Å². The van der Waals surface area contributed by atoms with Crippen LogP contribution in [0.3, 0.4) is 0 Å². The van der Waals surface area contributed by atoms with Gasteiger partial charge < -0.3 is 38.8 Å². The number of hydrogen-bond acceptors (Lipinski definition) is 11. The number of esters is 1. The molecule has 4 aliphatic rings. The van der Waals surface area contributed by atoms with Gasteiger partial charge in [0.05, 0.1) is 17.8 Å². The summed E-state index contributed by atoms with van der Waals surface area (Å²) < 4.78 is 25.0. The highest BCUT2D eigenvalue weighted by molar-refractivity contribution is 6.04. The number of ketones is 1. The van der Waals surface area contributed by atoms with Gasteiger partial charge in [-0.3, -0.25) is 19.3 Å². The Morgan fingerprint density at radius 2 is 1.71 bits per heavy atom. The molecule has 0 spiro atoms. The molecule has 49 heavy (non-hydrogen) atoms. The largest absolute Gasteiger partial charge is 0.463 e. The fourth-order valence-corrected chi connectivity index (χ4v) is 8.30. The van der Waals surface area contributed by atoms with Crippen LogP contribution in [0.2, 0.25) is 0 Å². The number of hydrogen-bond donors (Lipinski definition) is 1. The number of Topliss-reactive ketones (excluding diaryl/α,β-unsaturated/α-hetero) is 1. The van der Waals surface area contributed by atoms with Crippen LogP contribution in [0.1, 0.15) is 73.6 Å². The van der Waals surface area contributed by atoms with Gasteiger partial charge in [-0.1, -0.05) is 13.8 Å². The third-order valence-electron chi connectivity index (χ3n) is 11.7. The van der Waals surface area contributed by atoms with E-state index in [1.54, 1.807) is 27.9 Å². The van der Waals surface area contributed by atoms with Gasteiger partial charge in [0.25, 0.3) is 0 Å². The molecule has 1 unspecified atom stereocenters. The fraction of sp³-hybridized carbons (Fsp3) is 0.919. The monoisotopic (exact) mass is 694 g/mol. The molecule has 0 aromatic heterocycles. The van der Waals surface area contributed by atoms with E-state index in [1.165, 1.54) is 12.8 Å². The lowest BCUT2D eigenvalue weighted by Crippen LogP contribution is -2.60. The summed E-state index contributed by atoms with van der Waals surface area (Å²) in [5.74, 6) is -0.497. The molecule has 12 heteroatoms. The zero-order valence-corrected chi connectivity index (χ0v) is 32.1. The smallest absolute Gasteiger partial charge is 0.319 e. The number of methoxy groups -OCH3 is 1. The molecular formula is C37H66N4O8. The first kappa shape index (κ1) is 40.1. The molecule has 0 radical (unpaired) electrons. The Morgan fingerprint density at radius 1 is 1.06 bits per heavy atom. The molecule has 1 amide bonds. The van der Waals surface area contributed by atoms with Crippen LogP contribution in [0.25, 0.3) is 0 Å². The van der Waals surface area contributed by atoms with Gasteiger partial charge in [-0.15, -0.1) is 0 Å². The molecule has 0 aromatic carbocycles. The van der Waals surface area contributed by atoms with Crippen LogP contribution in [-0.2, 0) is 33.3 Å². The lowest BCUT2D eigenvalue weighted by atomic mass is 9.74. The number of aliphatic hydroxyl groups excluding tert-OH is 1. The highest BCUT2D eigenvalue weighted by atomic mass is 16.7. The summed E-state index contributed by atoms with van der Waals surface area (Å²) in [5, 5.41) is 11.3. The lowest BCUT2D eigenvalue weighted by molar-refractivity contribution is -0.295. The van der Waals surface area contributed by atoms with Crippen molar-refractivity contribution >= 4 is 17.7 Å². The minimum absolute atomic E-state index is 0.0979. The van der Waals surface area contributed by atoms with Crippen molar-refractivity contribution in [2.45, 2.75) is 116 Å². The van der Waals surface area contributed by atoms with E-state index in [4.69, 9.17) is 18.9 Å². The number of aliphatic hydroxyl groups is 1.